The quantitative estimate of drug-likeness (QED) is 0.746. The van der Waals surface area contributed by atoms with Crippen molar-refractivity contribution in [2.45, 2.75) is 52.9 Å². The monoisotopic (exact) mass is 259 g/mol. The third-order valence-electron chi connectivity index (χ3n) is 5.19. The molecule has 1 saturated carbocycles. The molecule has 0 spiro atoms. The van der Waals surface area contributed by atoms with Gasteiger partial charge >= 0.3 is 0 Å². The molecule has 0 aromatic rings. The lowest BCUT2D eigenvalue weighted by Crippen LogP contribution is -2.27. The summed E-state index contributed by atoms with van der Waals surface area (Å²) < 4.78 is 0. The largest absolute Gasteiger partial charge is 0.359 e. The summed E-state index contributed by atoms with van der Waals surface area (Å²) in [4.78, 5) is 0. The molecule has 106 valence electrons. The van der Waals surface area contributed by atoms with Crippen LogP contribution in [0.3, 0.4) is 0 Å². The van der Waals surface area contributed by atoms with Gasteiger partial charge in [-0.1, -0.05) is 52.3 Å². The lowest BCUT2D eigenvalue weighted by molar-refractivity contribution is 0.352. The van der Waals surface area contributed by atoms with Crippen molar-refractivity contribution >= 4 is 0 Å². The zero-order valence-corrected chi connectivity index (χ0v) is 12.8. The van der Waals surface area contributed by atoms with E-state index in [1.807, 2.05) is 0 Å². The molecular formula is C18H29N. The molecule has 2 rings (SSSR count). The van der Waals surface area contributed by atoms with Gasteiger partial charge < -0.3 is 5.32 Å². The van der Waals surface area contributed by atoms with Crippen molar-refractivity contribution in [2.24, 2.45) is 23.7 Å². The first-order chi connectivity index (χ1) is 9.06. The normalized spacial score (nSPS) is 35.2. The second-order valence-corrected chi connectivity index (χ2v) is 6.45. The second kappa shape index (κ2) is 5.98. The predicted molar refractivity (Wildman–Crippen MR) is 83.6 cm³/mol. The average Bonchev–Trinajstić information content (AvgIpc) is 2.77. The van der Waals surface area contributed by atoms with E-state index in [2.05, 4.69) is 45.3 Å². The summed E-state index contributed by atoms with van der Waals surface area (Å²) in [5.41, 5.74) is 3.48. The van der Waals surface area contributed by atoms with Gasteiger partial charge in [-0.05, 0) is 43.1 Å². The Morgan fingerprint density at radius 3 is 2.53 bits per heavy atom. The van der Waals surface area contributed by atoms with Gasteiger partial charge in [-0.2, -0.15) is 0 Å². The lowest BCUT2D eigenvalue weighted by atomic mass is 9.83. The molecule has 0 saturated heterocycles. The Labute approximate surface area is 118 Å². The van der Waals surface area contributed by atoms with Gasteiger partial charge in [0.25, 0.3) is 0 Å². The zero-order valence-electron chi connectivity index (χ0n) is 12.8. The first-order valence-electron chi connectivity index (χ1n) is 7.90. The van der Waals surface area contributed by atoms with Gasteiger partial charge in [0.2, 0.25) is 0 Å². The molecule has 1 nitrogen and oxygen atoms in total. The lowest BCUT2D eigenvalue weighted by Gasteiger charge is -2.30. The maximum atomic E-state index is 4.23. The highest BCUT2D eigenvalue weighted by Gasteiger charge is 2.37. The summed E-state index contributed by atoms with van der Waals surface area (Å²) in [7, 11) is 0. The Hall–Kier alpha value is -0.980. The van der Waals surface area contributed by atoms with Crippen molar-refractivity contribution in [1.29, 1.82) is 0 Å². The van der Waals surface area contributed by atoms with Gasteiger partial charge in [0.05, 0.1) is 0 Å². The summed E-state index contributed by atoms with van der Waals surface area (Å²) >= 11 is 0. The molecule has 1 heterocycles. The first kappa shape index (κ1) is 14.4. The molecule has 0 aromatic carbocycles. The van der Waals surface area contributed by atoms with Crippen LogP contribution in [0, 0.1) is 23.7 Å². The number of hydrogen-bond donors (Lipinski definition) is 1. The molecule has 0 amide bonds. The molecule has 1 aliphatic heterocycles. The Morgan fingerprint density at radius 1 is 1.21 bits per heavy atom. The van der Waals surface area contributed by atoms with Crippen LogP contribution in [0.5, 0.6) is 0 Å². The van der Waals surface area contributed by atoms with Crippen LogP contribution >= 0.6 is 0 Å². The average molecular weight is 259 g/mol. The van der Waals surface area contributed by atoms with Crippen molar-refractivity contribution in [1.82, 2.24) is 5.32 Å². The molecule has 0 aromatic heterocycles. The number of nitrogens with one attached hydrogen (secondary N) is 1. The summed E-state index contributed by atoms with van der Waals surface area (Å²) in [6.07, 6.45) is 9.22. The van der Waals surface area contributed by atoms with Crippen molar-refractivity contribution in [2.75, 3.05) is 0 Å². The molecule has 1 N–H and O–H groups in total. The van der Waals surface area contributed by atoms with E-state index in [1.54, 1.807) is 0 Å². The Bertz CT molecular complexity index is 390. The van der Waals surface area contributed by atoms with Crippen molar-refractivity contribution < 1.29 is 0 Å². The van der Waals surface area contributed by atoms with E-state index >= 15 is 0 Å². The topological polar surface area (TPSA) is 12.0 Å². The third kappa shape index (κ3) is 2.96. The number of rotatable bonds is 4. The highest BCUT2D eigenvalue weighted by atomic mass is 14.9. The van der Waals surface area contributed by atoms with Gasteiger partial charge in [0.1, 0.15) is 0 Å². The molecule has 4 unspecified atom stereocenters. The fraction of sp³-hybridized carbons (Fsp3) is 0.667. The van der Waals surface area contributed by atoms with Crippen LogP contribution < -0.4 is 5.32 Å². The van der Waals surface area contributed by atoms with Gasteiger partial charge in [-0.3, -0.25) is 0 Å². The van der Waals surface area contributed by atoms with Crippen LogP contribution in [0.4, 0.5) is 0 Å². The van der Waals surface area contributed by atoms with Gasteiger partial charge in [0, 0.05) is 17.3 Å². The number of hydrogen-bond acceptors (Lipinski definition) is 1. The molecule has 1 fully saturated rings. The van der Waals surface area contributed by atoms with E-state index in [0.717, 1.165) is 29.1 Å². The standard InChI is InChI=1S/C18H29N/c1-6-8-16-11-17(10-15(16)7-2)18-9-12(3)13(4)19-14(18)5/h9,15-19H,4-8,10-11H2,1-3H3. The van der Waals surface area contributed by atoms with Crippen molar-refractivity contribution in [3.63, 3.8) is 0 Å². The van der Waals surface area contributed by atoms with Gasteiger partial charge in [-0.25, -0.2) is 0 Å². The van der Waals surface area contributed by atoms with Crippen LogP contribution in [0.25, 0.3) is 0 Å². The second-order valence-electron chi connectivity index (χ2n) is 6.45. The molecule has 19 heavy (non-hydrogen) atoms. The first-order valence-corrected chi connectivity index (χ1v) is 7.90. The Balaban J connectivity index is 2.10. The molecule has 4 atom stereocenters. The van der Waals surface area contributed by atoms with Gasteiger partial charge in [0.15, 0.2) is 0 Å². The van der Waals surface area contributed by atoms with E-state index in [-0.39, 0.29) is 0 Å². The summed E-state index contributed by atoms with van der Waals surface area (Å²) in [6, 6.07) is 0. The van der Waals surface area contributed by atoms with Crippen LogP contribution in [0.15, 0.2) is 36.2 Å². The van der Waals surface area contributed by atoms with Crippen LogP contribution in [0.2, 0.25) is 0 Å². The van der Waals surface area contributed by atoms with Crippen LogP contribution in [-0.2, 0) is 0 Å². The highest BCUT2D eigenvalue weighted by molar-refractivity contribution is 5.36. The summed E-state index contributed by atoms with van der Waals surface area (Å²) in [5.74, 6) is 3.16. The predicted octanol–water partition coefficient (Wildman–Crippen LogP) is 5.03. The van der Waals surface area contributed by atoms with Crippen molar-refractivity contribution in [3.8, 4) is 0 Å². The van der Waals surface area contributed by atoms with Gasteiger partial charge in [-0.15, -0.1) is 0 Å². The molecule has 1 aliphatic carbocycles. The van der Waals surface area contributed by atoms with E-state index in [9.17, 15) is 0 Å². The smallest absolute Gasteiger partial charge is 0.0335 e. The maximum Gasteiger partial charge on any atom is 0.0335 e. The minimum absolute atomic E-state index is 0.515. The van der Waals surface area contributed by atoms with Crippen LogP contribution in [0.1, 0.15) is 52.9 Å². The molecule has 1 heteroatoms. The summed E-state index contributed by atoms with van der Waals surface area (Å²) in [5, 5.41) is 3.38. The van der Waals surface area contributed by atoms with E-state index in [4.69, 9.17) is 0 Å². The summed E-state index contributed by atoms with van der Waals surface area (Å²) in [6.45, 7) is 15.1. The van der Waals surface area contributed by atoms with E-state index in [1.165, 1.54) is 37.7 Å². The Kier molecular flexibility index (Phi) is 4.54. The maximum absolute atomic E-state index is 4.23. The minimum atomic E-state index is 0.515. The fourth-order valence-electron chi connectivity index (χ4n) is 4.04. The molecule has 2 aliphatic rings. The molecule has 0 radical (unpaired) electrons. The minimum Gasteiger partial charge on any atom is -0.359 e. The third-order valence-corrected chi connectivity index (χ3v) is 5.19. The van der Waals surface area contributed by atoms with E-state index < -0.39 is 0 Å². The van der Waals surface area contributed by atoms with Crippen molar-refractivity contribution in [3.05, 3.63) is 36.2 Å². The SMILES string of the molecule is C=C1NC(=C)C(C2CC(CC)C(CCC)C2)C=C1C. The highest BCUT2D eigenvalue weighted by Crippen LogP contribution is 2.46. The zero-order chi connectivity index (χ0) is 14.0. The fourth-order valence-corrected chi connectivity index (χ4v) is 4.04. The van der Waals surface area contributed by atoms with Crippen LogP contribution in [-0.4, -0.2) is 0 Å². The number of allylic oxidation sites excluding steroid dienone is 2. The van der Waals surface area contributed by atoms with E-state index in [0.29, 0.717) is 5.92 Å². The Morgan fingerprint density at radius 2 is 1.89 bits per heavy atom. The molecule has 0 bridgehead atoms. The molecular weight excluding hydrogens is 230 g/mol.